The molecule has 0 radical (unpaired) electrons. The molecule has 1 aromatic rings. The van der Waals surface area contributed by atoms with Crippen molar-refractivity contribution >= 4 is 29.3 Å². The van der Waals surface area contributed by atoms with Crippen LogP contribution in [0.5, 0.6) is 0 Å². The zero-order chi connectivity index (χ0) is 20.5. The van der Waals surface area contributed by atoms with E-state index >= 15 is 0 Å². The molecule has 1 fully saturated rings. The molecule has 2 N–H and O–H groups in total. The number of thiophene rings is 1. The van der Waals surface area contributed by atoms with Gasteiger partial charge in [-0.1, -0.05) is 32.1 Å². The van der Waals surface area contributed by atoms with Gasteiger partial charge in [0.05, 0.1) is 12.1 Å². The normalized spacial score (nSPS) is 19.2. The molecule has 1 saturated heterocycles. The van der Waals surface area contributed by atoms with Crippen LogP contribution in [0, 0.1) is 17.8 Å². The van der Waals surface area contributed by atoms with E-state index in [1.54, 1.807) is 23.1 Å². The highest BCUT2D eigenvalue weighted by molar-refractivity contribution is 7.14. The summed E-state index contributed by atoms with van der Waals surface area (Å²) in [5.74, 6) is 5.27. The summed E-state index contributed by atoms with van der Waals surface area (Å²) in [5.41, 5.74) is 0. The fourth-order valence-electron chi connectivity index (χ4n) is 2.94. The van der Waals surface area contributed by atoms with Gasteiger partial charge in [0.25, 0.3) is 0 Å². The molecule has 2 unspecified atom stereocenters. The van der Waals surface area contributed by atoms with E-state index in [9.17, 15) is 14.7 Å². The smallest absolute Gasteiger partial charge is 0.345 e. The topological polar surface area (TPSA) is 77.8 Å². The van der Waals surface area contributed by atoms with Crippen LogP contribution in [0.15, 0.2) is 30.4 Å². The maximum Gasteiger partial charge on any atom is 0.345 e. The Morgan fingerprint density at radius 2 is 2.21 bits per heavy atom. The molecule has 28 heavy (non-hydrogen) atoms. The lowest BCUT2D eigenvalue weighted by atomic mass is 10.00. The highest BCUT2D eigenvalue weighted by Crippen LogP contribution is 2.22. The molecule has 0 saturated carbocycles. The van der Waals surface area contributed by atoms with Crippen molar-refractivity contribution in [3.8, 4) is 11.8 Å². The van der Waals surface area contributed by atoms with E-state index in [4.69, 9.17) is 5.11 Å². The molecular formula is C22H27NO4S. The summed E-state index contributed by atoms with van der Waals surface area (Å²) in [7, 11) is 0. The Hall–Kier alpha value is -2.36. The average Bonchev–Trinajstić information content (AvgIpc) is 3.27. The maximum absolute atomic E-state index is 12.2. The second-order valence-corrected chi connectivity index (χ2v) is 7.94. The average molecular weight is 402 g/mol. The van der Waals surface area contributed by atoms with Crippen molar-refractivity contribution in [2.45, 2.75) is 51.7 Å². The molecule has 0 bridgehead atoms. The van der Waals surface area contributed by atoms with Gasteiger partial charge in [-0.15, -0.1) is 23.2 Å². The number of amides is 1. The van der Waals surface area contributed by atoms with Gasteiger partial charge in [0.15, 0.2) is 0 Å². The van der Waals surface area contributed by atoms with Crippen molar-refractivity contribution in [2.75, 3.05) is 6.54 Å². The molecule has 1 aromatic heterocycles. The van der Waals surface area contributed by atoms with Crippen molar-refractivity contribution < 1.29 is 19.8 Å². The molecule has 3 atom stereocenters. The van der Waals surface area contributed by atoms with E-state index in [0.29, 0.717) is 24.3 Å². The maximum atomic E-state index is 12.2. The third kappa shape index (κ3) is 6.36. The summed E-state index contributed by atoms with van der Waals surface area (Å²) in [5, 5.41) is 19.2. The van der Waals surface area contributed by atoms with Gasteiger partial charge in [-0.2, -0.15) is 0 Å². The molecule has 1 aliphatic heterocycles. The Kier molecular flexibility index (Phi) is 8.49. The number of hydrogen-bond donors (Lipinski definition) is 2. The predicted octanol–water partition coefficient (Wildman–Crippen LogP) is 3.81. The number of rotatable bonds is 8. The lowest BCUT2D eigenvalue weighted by molar-refractivity contribution is -0.127. The van der Waals surface area contributed by atoms with E-state index in [2.05, 4.69) is 11.8 Å². The molecule has 2 rings (SSSR count). The number of carbonyl (C=O) groups is 2. The lowest BCUT2D eigenvalue weighted by Crippen LogP contribution is -2.32. The molecule has 0 aliphatic carbocycles. The van der Waals surface area contributed by atoms with Crippen LogP contribution < -0.4 is 0 Å². The SMILES string of the molecule is CCC#CCC(C)[C@H](O)/C=C/C1CCC(=O)N1C/C=C\c1ccc(C(=O)O)s1. The van der Waals surface area contributed by atoms with Crippen LogP contribution >= 0.6 is 11.3 Å². The third-order valence-electron chi connectivity index (χ3n) is 4.64. The second kappa shape index (κ2) is 10.8. The van der Waals surface area contributed by atoms with Crippen LogP contribution in [-0.2, 0) is 4.79 Å². The molecule has 5 nitrogen and oxygen atoms in total. The van der Waals surface area contributed by atoms with Crippen LogP contribution in [0.25, 0.3) is 6.08 Å². The Morgan fingerprint density at radius 1 is 1.43 bits per heavy atom. The van der Waals surface area contributed by atoms with Crippen molar-refractivity contribution in [3.05, 3.63) is 40.1 Å². The summed E-state index contributed by atoms with van der Waals surface area (Å²) >= 11 is 1.20. The number of aliphatic hydroxyl groups excluding tert-OH is 1. The van der Waals surface area contributed by atoms with Gasteiger partial charge in [-0.25, -0.2) is 4.79 Å². The fraction of sp³-hybridized carbons (Fsp3) is 0.455. The third-order valence-corrected chi connectivity index (χ3v) is 5.67. The van der Waals surface area contributed by atoms with E-state index in [0.717, 1.165) is 17.7 Å². The van der Waals surface area contributed by atoms with Gasteiger partial charge in [0.1, 0.15) is 4.88 Å². The number of carboxylic acids is 1. The molecule has 2 heterocycles. The highest BCUT2D eigenvalue weighted by atomic mass is 32.1. The largest absolute Gasteiger partial charge is 0.477 e. The lowest BCUT2D eigenvalue weighted by Gasteiger charge is -2.21. The summed E-state index contributed by atoms with van der Waals surface area (Å²) in [4.78, 5) is 26.0. The first-order valence-corrected chi connectivity index (χ1v) is 10.3. The van der Waals surface area contributed by atoms with Gasteiger partial charge in [-0.05, 0) is 30.5 Å². The van der Waals surface area contributed by atoms with Crippen molar-refractivity contribution in [2.24, 2.45) is 5.92 Å². The zero-order valence-electron chi connectivity index (χ0n) is 16.3. The number of likely N-dealkylation sites (tertiary alicyclic amines) is 1. The molecule has 6 heteroatoms. The van der Waals surface area contributed by atoms with Gasteiger partial charge in [-0.3, -0.25) is 4.79 Å². The van der Waals surface area contributed by atoms with Crippen molar-refractivity contribution in [3.63, 3.8) is 0 Å². The van der Waals surface area contributed by atoms with Crippen molar-refractivity contribution in [1.82, 2.24) is 4.90 Å². The molecule has 0 aromatic carbocycles. The number of nitrogens with zero attached hydrogens (tertiary/aromatic N) is 1. The molecule has 1 amide bonds. The van der Waals surface area contributed by atoms with Crippen LogP contribution in [0.2, 0.25) is 0 Å². The Morgan fingerprint density at radius 3 is 2.89 bits per heavy atom. The van der Waals surface area contributed by atoms with E-state index < -0.39 is 12.1 Å². The number of carboxylic acid groups (broad SMARTS) is 1. The quantitative estimate of drug-likeness (QED) is 0.513. The first kappa shape index (κ1) is 21.9. The van der Waals surface area contributed by atoms with E-state index in [-0.39, 0.29) is 17.9 Å². The minimum atomic E-state index is -0.932. The van der Waals surface area contributed by atoms with E-state index in [1.807, 2.05) is 32.1 Å². The number of carbonyl (C=O) groups excluding carboxylic acids is 1. The number of aliphatic hydroxyl groups is 1. The Balaban J connectivity index is 1.92. The van der Waals surface area contributed by atoms with E-state index in [1.165, 1.54) is 11.3 Å². The fourth-order valence-corrected chi connectivity index (χ4v) is 3.72. The minimum absolute atomic E-state index is 0.0290. The first-order valence-electron chi connectivity index (χ1n) is 9.53. The minimum Gasteiger partial charge on any atom is -0.477 e. The van der Waals surface area contributed by atoms with Gasteiger partial charge >= 0.3 is 5.97 Å². The molecule has 0 spiro atoms. The van der Waals surface area contributed by atoms with Crippen molar-refractivity contribution in [1.29, 1.82) is 0 Å². The molecule has 150 valence electrons. The Bertz CT molecular complexity index is 799. The molecule has 1 aliphatic rings. The standard InChI is InChI=1S/C22H27NO4S/c1-3-4-5-7-16(2)19(24)12-9-17-10-14-21(25)23(17)15-6-8-18-11-13-20(28-18)22(26)27/h6,8-9,11-13,16-17,19,24H,3,7,10,14-15H2,1-2H3,(H,26,27)/b8-6-,12-9+/t16?,17?,19-/m1/s1. The van der Waals surface area contributed by atoms with Gasteiger partial charge < -0.3 is 15.1 Å². The van der Waals surface area contributed by atoms with Gasteiger partial charge in [0.2, 0.25) is 5.91 Å². The van der Waals surface area contributed by atoms with Crippen LogP contribution in [-0.4, -0.2) is 45.7 Å². The molecular weight excluding hydrogens is 374 g/mol. The van der Waals surface area contributed by atoms with Gasteiger partial charge in [0, 0.05) is 30.7 Å². The van der Waals surface area contributed by atoms with Crippen LogP contribution in [0.3, 0.4) is 0 Å². The van der Waals surface area contributed by atoms with Crippen LogP contribution in [0.1, 0.15) is 54.1 Å². The number of hydrogen-bond acceptors (Lipinski definition) is 4. The second-order valence-electron chi connectivity index (χ2n) is 6.83. The summed E-state index contributed by atoms with van der Waals surface area (Å²) in [6, 6.07) is 3.30. The number of aromatic carboxylic acids is 1. The van der Waals surface area contributed by atoms with Crippen LogP contribution in [0.4, 0.5) is 0 Å². The predicted molar refractivity (Wildman–Crippen MR) is 112 cm³/mol. The first-order chi connectivity index (χ1) is 13.4. The monoisotopic (exact) mass is 401 g/mol. The Labute approximate surface area is 170 Å². The summed E-state index contributed by atoms with van der Waals surface area (Å²) < 4.78 is 0. The highest BCUT2D eigenvalue weighted by Gasteiger charge is 2.28. The summed E-state index contributed by atoms with van der Waals surface area (Å²) in [6.07, 6.45) is 9.52. The zero-order valence-corrected chi connectivity index (χ0v) is 17.1. The summed E-state index contributed by atoms with van der Waals surface area (Å²) in [6.45, 7) is 4.42.